The van der Waals surface area contributed by atoms with Gasteiger partial charge in [-0.15, -0.1) is 24.8 Å². The maximum atomic E-state index is 11.1. The summed E-state index contributed by atoms with van der Waals surface area (Å²) >= 11 is 0. The molecule has 2 aromatic rings. The van der Waals surface area contributed by atoms with Crippen molar-refractivity contribution in [3.8, 4) is 0 Å². The SMILES string of the molecule is Cl.Cl.Cn1c(=O)ccc2cncnc21.O. The van der Waals surface area contributed by atoms with Gasteiger partial charge < -0.3 is 5.48 Å². The Morgan fingerprint density at radius 1 is 1.27 bits per heavy atom. The van der Waals surface area contributed by atoms with Crippen LogP contribution in [-0.2, 0) is 7.05 Å². The Morgan fingerprint density at radius 3 is 2.60 bits per heavy atom. The fourth-order valence-electron chi connectivity index (χ4n) is 1.11. The molecule has 7 heteroatoms. The second-order valence-electron chi connectivity index (χ2n) is 2.53. The van der Waals surface area contributed by atoms with Gasteiger partial charge in [0.25, 0.3) is 5.56 Å². The van der Waals surface area contributed by atoms with Crippen molar-refractivity contribution >= 4 is 35.8 Å². The van der Waals surface area contributed by atoms with Crippen LogP contribution < -0.4 is 5.56 Å². The topological polar surface area (TPSA) is 79.3 Å². The third-order valence-corrected chi connectivity index (χ3v) is 1.77. The number of hydrogen-bond acceptors (Lipinski definition) is 3. The minimum absolute atomic E-state index is 0. The molecule has 0 amide bonds. The number of aromatic nitrogens is 3. The van der Waals surface area contributed by atoms with Crippen molar-refractivity contribution in [3.05, 3.63) is 35.0 Å². The van der Waals surface area contributed by atoms with Crippen molar-refractivity contribution in [2.24, 2.45) is 7.05 Å². The molecule has 0 aliphatic carbocycles. The van der Waals surface area contributed by atoms with E-state index in [1.807, 2.05) is 0 Å². The normalized spacial score (nSPS) is 8.33. The summed E-state index contributed by atoms with van der Waals surface area (Å²) in [5.74, 6) is 0. The molecule has 0 spiro atoms. The zero-order chi connectivity index (χ0) is 8.55. The molecule has 2 aromatic heterocycles. The smallest absolute Gasteiger partial charge is 0.251 e. The summed E-state index contributed by atoms with van der Waals surface area (Å²) in [4.78, 5) is 19.0. The van der Waals surface area contributed by atoms with Crippen LogP contribution in [0.4, 0.5) is 0 Å². The maximum absolute atomic E-state index is 11.1. The average molecular weight is 252 g/mol. The molecular formula is C8H11Cl2N3O2. The predicted octanol–water partition coefficient (Wildman–Crippen LogP) is 0.347. The van der Waals surface area contributed by atoms with Gasteiger partial charge in [-0.3, -0.25) is 9.36 Å². The molecule has 0 aromatic carbocycles. The van der Waals surface area contributed by atoms with Crippen molar-refractivity contribution in [1.29, 1.82) is 0 Å². The van der Waals surface area contributed by atoms with Gasteiger partial charge in [-0.25, -0.2) is 9.97 Å². The first-order valence-electron chi connectivity index (χ1n) is 3.55. The molecule has 0 radical (unpaired) electrons. The average Bonchev–Trinajstić information content (AvgIpc) is 2.12. The number of halogens is 2. The molecule has 2 N–H and O–H groups in total. The largest absolute Gasteiger partial charge is 0.412 e. The summed E-state index contributed by atoms with van der Waals surface area (Å²) in [5, 5.41) is 0.875. The third kappa shape index (κ3) is 2.89. The quantitative estimate of drug-likeness (QED) is 0.678. The van der Waals surface area contributed by atoms with Gasteiger partial charge in [0.05, 0.1) is 0 Å². The Labute approximate surface area is 98.3 Å². The summed E-state index contributed by atoms with van der Waals surface area (Å²) in [5.41, 5.74) is 0.610. The van der Waals surface area contributed by atoms with Crippen LogP contribution >= 0.6 is 24.8 Å². The van der Waals surface area contributed by atoms with Gasteiger partial charge in [0.2, 0.25) is 0 Å². The van der Waals surface area contributed by atoms with E-state index in [1.54, 1.807) is 19.3 Å². The number of hydrogen-bond donors (Lipinski definition) is 0. The van der Waals surface area contributed by atoms with Crippen LogP contribution in [0.2, 0.25) is 0 Å². The Balaban J connectivity index is 0. The Hall–Kier alpha value is -1.17. The van der Waals surface area contributed by atoms with Crippen LogP contribution in [0.1, 0.15) is 0 Å². The molecule has 0 aliphatic heterocycles. The van der Waals surface area contributed by atoms with E-state index in [0.717, 1.165) is 5.39 Å². The van der Waals surface area contributed by atoms with Crippen molar-refractivity contribution in [2.45, 2.75) is 0 Å². The second-order valence-corrected chi connectivity index (χ2v) is 2.53. The molecule has 0 saturated heterocycles. The molecular weight excluding hydrogens is 241 g/mol. The summed E-state index contributed by atoms with van der Waals surface area (Å²) in [6.45, 7) is 0. The lowest BCUT2D eigenvalue weighted by Crippen LogP contribution is -2.15. The molecule has 0 bridgehead atoms. The van der Waals surface area contributed by atoms with Crippen LogP contribution in [0.15, 0.2) is 29.5 Å². The highest BCUT2D eigenvalue weighted by Gasteiger charge is 1.97. The molecule has 0 unspecified atom stereocenters. The summed E-state index contributed by atoms with van der Waals surface area (Å²) in [6, 6.07) is 3.23. The van der Waals surface area contributed by atoms with E-state index in [9.17, 15) is 4.79 Å². The molecule has 0 saturated carbocycles. The highest BCUT2D eigenvalue weighted by Crippen LogP contribution is 2.03. The van der Waals surface area contributed by atoms with Crippen LogP contribution in [0.5, 0.6) is 0 Å². The number of aryl methyl sites for hydroxylation is 1. The molecule has 15 heavy (non-hydrogen) atoms. The van der Waals surface area contributed by atoms with Crippen LogP contribution in [-0.4, -0.2) is 20.0 Å². The molecule has 0 aliphatic rings. The van der Waals surface area contributed by atoms with Crippen molar-refractivity contribution in [2.75, 3.05) is 0 Å². The highest BCUT2D eigenvalue weighted by atomic mass is 35.5. The molecule has 0 atom stereocenters. The molecule has 2 heterocycles. The lowest BCUT2D eigenvalue weighted by Gasteiger charge is -2.00. The van der Waals surface area contributed by atoms with Crippen molar-refractivity contribution in [3.63, 3.8) is 0 Å². The maximum Gasteiger partial charge on any atom is 0.251 e. The van der Waals surface area contributed by atoms with Gasteiger partial charge in [-0.1, -0.05) is 0 Å². The number of rotatable bonds is 0. The van der Waals surface area contributed by atoms with E-state index in [2.05, 4.69) is 9.97 Å². The Morgan fingerprint density at radius 2 is 1.93 bits per heavy atom. The first kappa shape index (κ1) is 16.3. The van der Waals surface area contributed by atoms with Crippen LogP contribution in [0.3, 0.4) is 0 Å². The minimum Gasteiger partial charge on any atom is -0.412 e. The van der Waals surface area contributed by atoms with Gasteiger partial charge in [0, 0.05) is 24.7 Å². The second kappa shape index (κ2) is 6.34. The zero-order valence-corrected chi connectivity index (χ0v) is 9.51. The van der Waals surface area contributed by atoms with E-state index >= 15 is 0 Å². The number of fused-ring (bicyclic) bond motifs is 1. The molecule has 5 nitrogen and oxygen atoms in total. The lowest BCUT2D eigenvalue weighted by molar-refractivity contribution is 0.824. The van der Waals surface area contributed by atoms with Gasteiger partial charge >= 0.3 is 0 Å². The molecule has 84 valence electrons. The number of pyridine rings is 1. The summed E-state index contributed by atoms with van der Waals surface area (Å²) < 4.78 is 1.50. The van der Waals surface area contributed by atoms with Gasteiger partial charge in [0.1, 0.15) is 12.0 Å². The molecule has 0 fully saturated rings. The van der Waals surface area contributed by atoms with Gasteiger partial charge in [0.15, 0.2) is 0 Å². The van der Waals surface area contributed by atoms with E-state index in [-0.39, 0.29) is 35.8 Å². The fourth-order valence-corrected chi connectivity index (χ4v) is 1.11. The highest BCUT2D eigenvalue weighted by molar-refractivity contribution is 5.85. The van der Waals surface area contributed by atoms with E-state index in [1.165, 1.54) is 17.0 Å². The minimum atomic E-state index is -0.0544. The summed E-state index contributed by atoms with van der Waals surface area (Å²) in [6.07, 6.45) is 3.11. The van der Waals surface area contributed by atoms with E-state index < -0.39 is 0 Å². The van der Waals surface area contributed by atoms with Gasteiger partial charge in [-0.2, -0.15) is 0 Å². The van der Waals surface area contributed by atoms with Crippen molar-refractivity contribution in [1.82, 2.24) is 14.5 Å². The third-order valence-electron chi connectivity index (χ3n) is 1.77. The fraction of sp³-hybridized carbons (Fsp3) is 0.125. The number of nitrogens with zero attached hydrogens (tertiary/aromatic N) is 3. The lowest BCUT2D eigenvalue weighted by atomic mass is 10.3. The predicted molar refractivity (Wildman–Crippen MR) is 62.9 cm³/mol. The Kier molecular flexibility index (Phi) is 6.87. The van der Waals surface area contributed by atoms with Gasteiger partial charge in [-0.05, 0) is 6.07 Å². The van der Waals surface area contributed by atoms with E-state index in [4.69, 9.17) is 0 Å². The standard InChI is InChI=1S/C8H7N3O.2ClH.H2O/c1-11-7(12)3-2-6-4-9-5-10-8(6)11;;;/h2-5H,1H3;2*1H;1H2. The monoisotopic (exact) mass is 251 g/mol. The molecule has 2 rings (SSSR count). The summed E-state index contributed by atoms with van der Waals surface area (Å²) in [7, 11) is 1.69. The zero-order valence-electron chi connectivity index (χ0n) is 7.88. The van der Waals surface area contributed by atoms with E-state index in [0.29, 0.717) is 5.65 Å². The first-order valence-corrected chi connectivity index (χ1v) is 3.55. The first-order chi connectivity index (χ1) is 5.79. The van der Waals surface area contributed by atoms with Crippen molar-refractivity contribution < 1.29 is 5.48 Å². The van der Waals surface area contributed by atoms with Crippen LogP contribution in [0.25, 0.3) is 11.0 Å². The van der Waals surface area contributed by atoms with Crippen LogP contribution in [0, 0.1) is 0 Å². The Bertz CT molecular complexity index is 487.